The highest BCUT2D eigenvalue weighted by molar-refractivity contribution is 9.11. The second-order valence-corrected chi connectivity index (χ2v) is 6.62. The Bertz CT molecular complexity index is 553. The van der Waals surface area contributed by atoms with Crippen molar-refractivity contribution < 1.29 is 0 Å². The van der Waals surface area contributed by atoms with Gasteiger partial charge in [0.05, 0.1) is 22.6 Å². The molecule has 20 heavy (non-hydrogen) atoms. The molecule has 0 saturated heterocycles. The first-order valence-electron chi connectivity index (χ1n) is 6.44. The SMILES string of the molecule is CCNC(=NCc1ccccn1)NCc1ccc(Br)s1. The smallest absolute Gasteiger partial charge is 0.191 e. The van der Waals surface area contributed by atoms with E-state index in [1.807, 2.05) is 18.2 Å². The van der Waals surface area contributed by atoms with Crippen molar-refractivity contribution >= 4 is 33.2 Å². The van der Waals surface area contributed by atoms with Crippen LogP contribution in [-0.4, -0.2) is 17.5 Å². The summed E-state index contributed by atoms with van der Waals surface area (Å²) in [7, 11) is 0. The molecule has 2 aromatic rings. The average Bonchev–Trinajstić information content (AvgIpc) is 2.89. The van der Waals surface area contributed by atoms with Crippen LogP contribution in [0.2, 0.25) is 0 Å². The van der Waals surface area contributed by atoms with E-state index in [0.717, 1.165) is 28.5 Å². The minimum absolute atomic E-state index is 0.574. The minimum Gasteiger partial charge on any atom is -0.357 e. The Morgan fingerprint density at radius 3 is 2.85 bits per heavy atom. The van der Waals surface area contributed by atoms with E-state index < -0.39 is 0 Å². The Balaban J connectivity index is 1.92. The molecule has 2 heterocycles. The maximum atomic E-state index is 4.53. The molecule has 0 aliphatic rings. The molecule has 0 fully saturated rings. The fourth-order valence-corrected chi connectivity index (χ4v) is 3.03. The summed E-state index contributed by atoms with van der Waals surface area (Å²) in [6.07, 6.45) is 1.79. The van der Waals surface area contributed by atoms with Gasteiger partial charge in [-0.05, 0) is 47.1 Å². The molecule has 0 aliphatic carbocycles. The van der Waals surface area contributed by atoms with Gasteiger partial charge in [-0.15, -0.1) is 11.3 Å². The van der Waals surface area contributed by atoms with Crippen LogP contribution >= 0.6 is 27.3 Å². The zero-order chi connectivity index (χ0) is 14.2. The maximum absolute atomic E-state index is 4.53. The maximum Gasteiger partial charge on any atom is 0.191 e. The summed E-state index contributed by atoms with van der Waals surface area (Å²) < 4.78 is 1.14. The third-order valence-electron chi connectivity index (χ3n) is 2.53. The number of nitrogens with zero attached hydrogens (tertiary/aromatic N) is 2. The lowest BCUT2D eigenvalue weighted by molar-refractivity contribution is 0.819. The van der Waals surface area contributed by atoms with E-state index in [0.29, 0.717) is 6.54 Å². The lowest BCUT2D eigenvalue weighted by Crippen LogP contribution is -2.36. The molecule has 106 valence electrons. The molecule has 4 nitrogen and oxygen atoms in total. The normalized spacial score (nSPS) is 11.4. The van der Waals surface area contributed by atoms with Crippen LogP contribution in [-0.2, 0) is 13.1 Å². The van der Waals surface area contributed by atoms with Gasteiger partial charge in [0.1, 0.15) is 0 Å². The van der Waals surface area contributed by atoms with E-state index in [9.17, 15) is 0 Å². The molecular formula is C14H17BrN4S. The fourth-order valence-electron chi connectivity index (χ4n) is 1.61. The highest BCUT2D eigenvalue weighted by Gasteiger charge is 2.01. The fraction of sp³-hybridized carbons (Fsp3) is 0.286. The molecule has 0 unspecified atom stereocenters. The van der Waals surface area contributed by atoms with Crippen LogP contribution < -0.4 is 10.6 Å². The van der Waals surface area contributed by atoms with E-state index in [4.69, 9.17) is 0 Å². The van der Waals surface area contributed by atoms with Crippen molar-refractivity contribution in [2.24, 2.45) is 4.99 Å². The standard InChI is InChI=1S/C14H17BrN4S/c1-2-16-14(18-9-11-5-3-4-8-17-11)19-10-12-6-7-13(15)20-12/h3-8H,2,9-10H2,1H3,(H2,16,18,19). The van der Waals surface area contributed by atoms with Crippen molar-refractivity contribution in [3.05, 3.63) is 50.9 Å². The van der Waals surface area contributed by atoms with Gasteiger partial charge in [0.2, 0.25) is 0 Å². The van der Waals surface area contributed by atoms with E-state index >= 15 is 0 Å². The minimum atomic E-state index is 0.574. The van der Waals surface area contributed by atoms with E-state index in [1.54, 1.807) is 17.5 Å². The third-order valence-corrected chi connectivity index (χ3v) is 4.15. The zero-order valence-corrected chi connectivity index (χ0v) is 13.7. The predicted octanol–water partition coefficient (Wildman–Crippen LogP) is 3.16. The Morgan fingerprint density at radius 1 is 1.30 bits per heavy atom. The van der Waals surface area contributed by atoms with Gasteiger partial charge in [-0.1, -0.05) is 6.07 Å². The first-order chi connectivity index (χ1) is 9.78. The molecule has 2 N–H and O–H groups in total. The van der Waals surface area contributed by atoms with E-state index in [-0.39, 0.29) is 0 Å². The van der Waals surface area contributed by atoms with Gasteiger partial charge in [0, 0.05) is 17.6 Å². The van der Waals surface area contributed by atoms with Crippen LogP contribution in [0, 0.1) is 0 Å². The molecule has 2 aromatic heterocycles. The molecule has 0 aliphatic heterocycles. The molecule has 0 atom stereocenters. The van der Waals surface area contributed by atoms with Gasteiger partial charge >= 0.3 is 0 Å². The lowest BCUT2D eigenvalue weighted by atomic mass is 10.3. The predicted molar refractivity (Wildman–Crippen MR) is 87.9 cm³/mol. The van der Waals surface area contributed by atoms with Gasteiger partial charge in [-0.3, -0.25) is 4.98 Å². The second-order valence-electron chi connectivity index (χ2n) is 4.08. The number of guanidine groups is 1. The number of hydrogen-bond donors (Lipinski definition) is 2. The van der Waals surface area contributed by atoms with Crippen LogP contribution in [0.25, 0.3) is 0 Å². The van der Waals surface area contributed by atoms with Crippen molar-refractivity contribution in [3.63, 3.8) is 0 Å². The van der Waals surface area contributed by atoms with Crippen LogP contribution in [0.4, 0.5) is 0 Å². The number of rotatable bonds is 5. The summed E-state index contributed by atoms with van der Waals surface area (Å²) in [5.41, 5.74) is 0.962. The van der Waals surface area contributed by atoms with Crippen molar-refractivity contribution in [3.8, 4) is 0 Å². The summed E-state index contributed by atoms with van der Waals surface area (Å²) in [5.74, 6) is 0.808. The summed E-state index contributed by atoms with van der Waals surface area (Å²) in [6.45, 7) is 4.23. The highest BCUT2D eigenvalue weighted by Crippen LogP contribution is 2.21. The van der Waals surface area contributed by atoms with Crippen LogP contribution in [0.1, 0.15) is 17.5 Å². The summed E-state index contributed by atoms with van der Waals surface area (Å²) in [6, 6.07) is 10.0. The quantitative estimate of drug-likeness (QED) is 0.641. The van der Waals surface area contributed by atoms with Gasteiger partial charge < -0.3 is 10.6 Å². The van der Waals surface area contributed by atoms with Gasteiger partial charge in [0.25, 0.3) is 0 Å². The Morgan fingerprint density at radius 2 is 2.20 bits per heavy atom. The summed E-state index contributed by atoms with van der Waals surface area (Å²) in [5, 5.41) is 6.56. The van der Waals surface area contributed by atoms with Crippen LogP contribution in [0.15, 0.2) is 45.3 Å². The third kappa shape index (κ3) is 4.94. The first kappa shape index (κ1) is 15.0. The topological polar surface area (TPSA) is 49.3 Å². The molecular weight excluding hydrogens is 336 g/mol. The van der Waals surface area contributed by atoms with E-state index in [2.05, 4.69) is 55.6 Å². The molecule has 0 spiro atoms. The van der Waals surface area contributed by atoms with Crippen LogP contribution in [0.5, 0.6) is 0 Å². The molecule has 0 amide bonds. The molecule has 0 radical (unpaired) electrons. The Hall–Kier alpha value is -1.40. The van der Waals surface area contributed by atoms with Crippen molar-refractivity contribution in [1.29, 1.82) is 0 Å². The molecule has 0 saturated carbocycles. The van der Waals surface area contributed by atoms with Crippen LogP contribution in [0.3, 0.4) is 0 Å². The van der Waals surface area contributed by atoms with Crippen molar-refractivity contribution in [2.45, 2.75) is 20.0 Å². The van der Waals surface area contributed by atoms with Crippen molar-refractivity contribution in [1.82, 2.24) is 15.6 Å². The van der Waals surface area contributed by atoms with Gasteiger partial charge in [-0.2, -0.15) is 0 Å². The first-order valence-corrected chi connectivity index (χ1v) is 8.05. The number of thiophene rings is 1. The number of halogens is 1. The summed E-state index contributed by atoms with van der Waals surface area (Å²) >= 11 is 5.19. The number of nitrogens with one attached hydrogen (secondary N) is 2. The molecule has 0 aromatic carbocycles. The monoisotopic (exact) mass is 352 g/mol. The number of hydrogen-bond acceptors (Lipinski definition) is 3. The number of aliphatic imine (C=N–C) groups is 1. The second kappa shape index (κ2) is 8.01. The average molecular weight is 353 g/mol. The Kier molecular flexibility index (Phi) is 6.01. The zero-order valence-electron chi connectivity index (χ0n) is 11.3. The highest BCUT2D eigenvalue weighted by atomic mass is 79.9. The summed E-state index contributed by atoms with van der Waals surface area (Å²) in [4.78, 5) is 10.1. The molecule has 2 rings (SSSR count). The van der Waals surface area contributed by atoms with Gasteiger partial charge in [0.15, 0.2) is 5.96 Å². The largest absolute Gasteiger partial charge is 0.357 e. The lowest BCUT2D eigenvalue weighted by Gasteiger charge is -2.10. The number of aromatic nitrogens is 1. The molecule has 6 heteroatoms. The molecule has 0 bridgehead atoms. The van der Waals surface area contributed by atoms with Gasteiger partial charge in [-0.25, -0.2) is 4.99 Å². The van der Waals surface area contributed by atoms with E-state index in [1.165, 1.54) is 4.88 Å². The van der Waals surface area contributed by atoms with Crippen molar-refractivity contribution in [2.75, 3.05) is 6.54 Å². The Labute approximate surface area is 131 Å². The number of pyridine rings is 1.